The first-order chi connectivity index (χ1) is 7.50. The molecule has 2 aromatic rings. The fourth-order valence-electron chi connectivity index (χ4n) is 1.49. The van der Waals surface area contributed by atoms with Crippen LogP contribution in [0.5, 0.6) is 0 Å². The third kappa shape index (κ3) is 2.07. The maximum atomic E-state index is 8.66. The molecule has 1 aromatic heterocycles. The monoisotopic (exact) mass is 230 g/mol. The molecule has 0 fully saturated rings. The zero-order valence-electron chi connectivity index (χ0n) is 9.74. The minimum absolute atomic E-state index is 0.0963. The molecule has 0 aliphatic carbocycles. The molecule has 3 heteroatoms. The Balaban J connectivity index is 2.51. The molecule has 0 atom stereocenters. The van der Waals surface area contributed by atoms with E-state index in [1.165, 1.54) is 4.70 Å². The molecule has 0 unspecified atom stereocenters. The van der Waals surface area contributed by atoms with E-state index in [1.54, 1.807) is 11.3 Å². The lowest BCUT2D eigenvalue weighted by Gasteiger charge is -2.13. The third-order valence-corrected chi connectivity index (χ3v) is 3.82. The van der Waals surface area contributed by atoms with Crippen LogP contribution in [0.2, 0.25) is 0 Å². The van der Waals surface area contributed by atoms with Crippen LogP contribution in [0, 0.1) is 11.3 Å². The molecule has 1 aromatic carbocycles. The Bertz CT molecular complexity index is 555. The molecule has 0 saturated carbocycles. The standard InChI is InChI=1S/C13H14N2S/c1-13(2,3)12-15-10-5-4-9(6-7-14)8-11(10)16-12/h4-5,8H,6H2,1-3H3. The van der Waals surface area contributed by atoms with Crippen LogP contribution in [0.3, 0.4) is 0 Å². The number of nitrogens with zero attached hydrogens (tertiary/aromatic N) is 2. The molecular weight excluding hydrogens is 216 g/mol. The SMILES string of the molecule is CC(C)(C)c1nc2ccc(CC#N)cc2s1. The van der Waals surface area contributed by atoms with Crippen LogP contribution in [0.4, 0.5) is 0 Å². The Hall–Kier alpha value is -1.40. The van der Waals surface area contributed by atoms with E-state index in [0.29, 0.717) is 6.42 Å². The van der Waals surface area contributed by atoms with Crippen molar-refractivity contribution in [1.29, 1.82) is 5.26 Å². The number of rotatable bonds is 1. The Labute approximate surface area is 99.6 Å². The second-order valence-electron chi connectivity index (χ2n) is 4.91. The van der Waals surface area contributed by atoms with Gasteiger partial charge in [-0.25, -0.2) is 4.98 Å². The third-order valence-electron chi connectivity index (χ3n) is 2.38. The zero-order chi connectivity index (χ0) is 11.8. The highest BCUT2D eigenvalue weighted by Crippen LogP contribution is 2.31. The molecule has 0 aliphatic rings. The second kappa shape index (κ2) is 3.88. The predicted octanol–water partition coefficient (Wildman–Crippen LogP) is 3.66. The van der Waals surface area contributed by atoms with Crippen molar-refractivity contribution < 1.29 is 0 Å². The van der Waals surface area contributed by atoms with E-state index in [2.05, 4.69) is 37.9 Å². The van der Waals surface area contributed by atoms with E-state index in [-0.39, 0.29) is 5.41 Å². The van der Waals surface area contributed by atoms with Gasteiger partial charge in [0.25, 0.3) is 0 Å². The topological polar surface area (TPSA) is 36.7 Å². The molecule has 82 valence electrons. The van der Waals surface area contributed by atoms with Crippen LogP contribution in [0.1, 0.15) is 31.3 Å². The number of nitriles is 1. The van der Waals surface area contributed by atoms with E-state index in [9.17, 15) is 0 Å². The molecule has 0 aliphatic heterocycles. The van der Waals surface area contributed by atoms with E-state index in [1.807, 2.05) is 12.1 Å². The van der Waals surface area contributed by atoms with Gasteiger partial charge >= 0.3 is 0 Å². The molecule has 0 spiro atoms. The summed E-state index contributed by atoms with van der Waals surface area (Å²) in [5.74, 6) is 0. The van der Waals surface area contributed by atoms with Crippen molar-refractivity contribution in [1.82, 2.24) is 4.98 Å². The van der Waals surface area contributed by atoms with Crippen molar-refractivity contribution in [3.8, 4) is 6.07 Å². The number of aromatic nitrogens is 1. The fourth-order valence-corrected chi connectivity index (χ4v) is 2.58. The van der Waals surface area contributed by atoms with E-state index in [4.69, 9.17) is 5.26 Å². The second-order valence-corrected chi connectivity index (χ2v) is 5.94. The molecule has 0 radical (unpaired) electrons. The van der Waals surface area contributed by atoms with E-state index in [0.717, 1.165) is 16.1 Å². The normalized spacial score (nSPS) is 11.6. The minimum atomic E-state index is 0.0963. The largest absolute Gasteiger partial charge is 0.241 e. The van der Waals surface area contributed by atoms with E-state index < -0.39 is 0 Å². The van der Waals surface area contributed by atoms with Gasteiger partial charge in [-0.05, 0) is 17.7 Å². The van der Waals surface area contributed by atoms with Crippen molar-refractivity contribution in [3.63, 3.8) is 0 Å². The molecule has 0 saturated heterocycles. The van der Waals surface area contributed by atoms with Gasteiger partial charge in [-0.2, -0.15) is 5.26 Å². The van der Waals surface area contributed by atoms with Gasteiger partial charge in [-0.15, -0.1) is 11.3 Å². The van der Waals surface area contributed by atoms with Crippen LogP contribution in [0.25, 0.3) is 10.2 Å². The first-order valence-corrected chi connectivity index (χ1v) is 6.09. The summed E-state index contributed by atoms with van der Waals surface area (Å²) < 4.78 is 1.18. The summed E-state index contributed by atoms with van der Waals surface area (Å²) >= 11 is 1.72. The van der Waals surface area contributed by atoms with Gasteiger partial charge in [0, 0.05) is 5.41 Å². The van der Waals surface area contributed by atoms with Crippen molar-refractivity contribution in [3.05, 3.63) is 28.8 Å². The first-order valence-electron chi connectivity index (χ1n) is 5.27. The van der Waals surface area contributed by atoms with Crippen LogP contribution < -0.4 is 0 Å². The summed E-state index contributed by atoms with van der Waals surface area (Å²) in [4.78, 5) is 4.62. The lowest BCUT2D eigenvalue weighted by molar-refractivity contribution is 0.587. The number of fused-ring (bicyclic) bond motifs is 1. The average molecular weight is 230 g/mol. The van der Waals surface area contributed by atoms with Gasteiger partial charge in [0.05, 0.1) is 27.7 Å². The lowest BCUT2D eigenvalue weighted by Crippen LogP contribution is -2.09. The molecule has 0 amide bonds. The number of hydrogen-bond donors (Lipinski definition) is 0. The van der Waals surface area contributed by atoms with Crippen LogP contribution in [-0.2, 0) is 11.8 Å². The van der Waals surface area contributed by atoms with Gasteiger partial charge in [-0.1, -0.05) is 26.8 Å². The van der Waals surface area contributed by atoms with Crippen molar-refractivity contribution >= 4 is 21.6 Å². The van der Waals surface area contributed by atoms with Gasteiger partial charge in [-0.3, -0.25) is 0 Å². The molecule has 2 rings (SSSR count). The van der Waals surface area contributed by atoms with Crippen molar-refractivity contribution in [2.75, 3.05) is 0 Å². The predicted molar refractivity (Wildman–Crippen MR) is 67.6 cm³/mol. The number of hydrogen-bond acceptors (Lipinski definition) is 3. The summed E-state index contributed by atoms with van der Waals surface area (Å²) in [6.07, 6.45) is 0.471. The molecule has 0 N–H and O–H groups in total. The van der Waals surface area contributed by atoms with Crippen LogP contribution in [0.15, 0.2) is 18.2 Å². The van der Waals surface area contributed by atoms with Gasteiger partial charge in [0.15, 0.2) is 0 Å². The van der Waals surface area contributed by atoms with Gasteiger partial charge in [0.1, 0.15) is 0 Å². The summed E-state index contributed by atoms with van der Waals surface area (Å²) in [5, 5.41) is 9.81. The molecule has 1 heterocycles. The van der Waals surface area contributed by atoms with Crippen molar-refractivity contribution in [2.45, 2.75) is 32.6 Å². The molecular formula is C13H14N2S. The van der Waals surface area contributed by atoms with E-state index >= 15 is 0 Å². The quantitative estimate of drug-likeness (QED) is 0.749. The van der Waals surface area contributed by atoms with Crippen molar-refractivity contribution in [2.24, 2.45) is 0 Å². The fraction of sp³-hybridized carbons (Fsp3) is 0.385. The van der Waals surface area contributed by atoms with Crippen LogP contribution in [-0.4, -0.2) is 4.98 Å². The lowest BCUT2D eigenvalue weighted by atomic mass is 9.98. The Kier molecular flexibility index (Phi) is 2.69. The minimum Gasteiger partial charge on any atom is -0.241 e. The van der Waals surface area contributed by atoms with Crippen LogP contribution >= 0.6 is 11.3 Å². The molecule has 16 heavy (non-hydrogen) atoms. The van der Waals surface area contributed by atoms with Gasteiger partial charge < -0.3 is 0 Å². The summed E-state index contributed by atoms with van der Waals surface area (Å²) in [7, 11) is 0. The molecule has 0 bridgehead atoms. The maximum Gasteiger partial charge on any atom is 0.0992 e. The highest BCUT2D eigenvalue weighted by molar-refractivity contribution is 7.18. The summed E-state index contributed by atoms with van der Waals surface area (Å²) in [5.41, 5.74) is 2.20. The Morgan fingerprint density at radius 1 is 1.38 bits per heavy atom. The Morgan fingerprint density at radius 2 is 2.12 bits per heavy atom. The zero-order valence-corrected chi connectivity index (χ0v) is 10.6. The Morgan fingerprint density at radius 3 is 2.75 bits per heavy atom. The highest BCUT2D eigenvalue weighted by atomic mass is 32.1. The number of benzene rings is 1. The smallest absolute Gasteiger partial charge is 0.0992 e. The maximum absolute atomic E-state index is 8.66. The summed E-state index contributed by atoms with van der Waals surface area (Å²) in [6.45, 7) is 6.50. The first kappa shape index (κ1) is 11.1. The number of thiazole rings is 1. The van der Waals surface area contributed by atoms with Gasteiger partial charge in [0.2, 0.25) is 0 Å². The average Bonchev–Trinajstić information content (AvgIpc) is 2.60. The highest BCUT2D eigenvalue weighted by Gasteiger charge is 2.18. The molecule has 2 nitrogen and oxygen atoms in total. The summed E-state index contributed by atoms with van der Waals surface area (Å²) in [6, 6.07) is 8.24.